The van der Waals surface area contributed by atoms with Crippen LogP contribution in [0.2, 0.25) is 0 Å². The number of nitrogens with zero attached hydrogens (tertiary/aromatic N) is 1. The molecule has 22 heavy (non-hydrogen) atoms. The molecule has 1 aromatic rings. The van der Waals surface area contributed by atoms with Crippen molar-refractivity contribution in [3.8, 4) is 0 Å². The summed E-state index contributed by atoms with van der Waals surface area (Å²) in [6.45, 7) is 3.26. The zero-order valence-electron chi connectivity index (χ0n) is 12.7. The number of carbonyl (C=O) groups excluding carboxylic acids is 2. The molecule has 0 bridgehead atoms. The Morgan fingerprint density at radius 1 is 1.45 bits per heavy atom. The number of nitrogens with one attached hydrogen (secondary N) is 2. The molecule has 6 heteroatoms. The molecule has 0 saturated carbocycles. The van der Waals surface area contributed by atoms with Crippen molar-refractivity contribution < 1.29 is 14.3 Å². The average molecular weight is 303 g/mol. The third-order valence-electron chi connectivity index (χ3n) is 4.04. The maximum Gasteiger partial charge on any atom is 0.414 e. The predicted octanol–water partition coefficient (Wildman–Crippen LogP) is 1.90. The van der Waals surface area contributed by atoms with Gasteiger partial charge in [0.25, 0.3) is 0 Å². The standard InChI is InChI=1S/C16H21N3O3/c1-11(20)18-9-14-10-19(16(21)22-14)13-5-6-15-12(8-13)4-2-3-7-17-15/h5-6,8,14,17H,2-4,7,9-10H2,1H3,(H,18,20)/t14-/m0/s1. The van der Waals surface area contributed by atoms with Crippen LogP contribution in [0.4, 0.5) is 16.2 Å². The van der Waals surface area contributed by atoms with E-state index in [0.29, 0.717) is 13.1 Å². The zero-order valence-corrected chi connectivity index (χ0v) is 12.7. The molecule has 2 amide bonds. The molecule has 0 unspecified atom stereocenters. The number of hydrogen-bond acceptors (Lipinski definition) is 4. The summed E-state index contributed by atoms with van der Waals surface area (Å²) in [5, 5.41) is 6.10. The highest BCUT2D eigenvalue weighted by molar-refractivity contribution is 5.90. The lowest BCUT2D eigenvalue weighted by Gasteiger charge is -2.16. The van der Waals surface area contributed by atoms with E-state index < -0.39 is 0 Å². The van der Waals surface area contributed by atoms with Crippen LogP contribution >= 0.6 is 0 Å². The van der Waals surface area contributed by atoms with E-state index in [1.807, 2.05) is 12.1 Å². The average Bonchev–Trinajstić information content (AvgIpc) is 2.71. The zero-order chi connectivity index (χ0) is 15.5. The first kappa shape index (κ1) is 14.7. The molecule has 2 heterocycles. The SMILES string of the molecule is CC(=O)NC[C@H]1CN(c2ccc3c(c2)CCCCN3)C(=O)O1. The van der Waals surface area contributed by atoms with Gasteiger partial charge in [-0.2, -0.15) is 0 Å². The highest BCUT2D eigenvalue weighted by atomic mass is 16.6. The number of benzene rings is 1. The molecule has 6 nitrogen and oxygen atoms in total. The van der Waals surface area contributed by atoms with Gasteiger partial charge in [-0.3, -0.25) is 9.69 Å². The lowest BCUT2D eigenvalue weighted by Crippen LogP contribution is -2.33. The van der Waals surface area contributed by atoms with E-state index in [1.165, 1.54) is 12.5 Å². The molecule has 1 saturated heterocycles. The van der Waals surface area contributed by atoms with Crippen molar-refractivity contribution in [2.24, 2.45) is 0 Å². The van der Waals surface area contributed by atoms with E-state index in [0.717, 1.165) is 37.2 Å². The van der Waals surface area contributed by atoms with Crippen LogP contribution in [0, 0.1) is 0 Å². The number of rotatable bonds is 3. The summed E-state index contributed by atoms with van der Waals surface area (Å²) in [6, 6.07) is 6.04. The number of amides is 2. The maximum atomic E-state index is 12.0. The number of cyclic esters (lactones) is 1. The van der Waals surface area contributed by atoms with Crippen LogP contribution in [0.5, 0.6) is 0 Å². The molecule has 0 spiro atoms. The van der Waals surface area contributed by atoms with Gasteiger partial charge in [-0.15, -0.1) is 0 Å². The molecule has 118 valence electrons. The molecular weight excluding hydrogens is 282 g/mol. The Labute approximate surface area is 129 Å². The monoisotopic (exact) mass is 303 g/mol. The number of hydrogen-bond donors (Lipinski definition) is 2. The number of ether oxygens (including phenoxy) is 1. The van der Waals surface area contributed by atoms with Gasteiger partial charge in [0.2, 0.25) is 5.91 Å². The van der Waals surface area contributed by atoms with Gasteiger partial charge < -0.3 is 15.4 Å². The van der Waals surface area contributed by atoms with Gasteiger partial charge in [0, 0.05) is 24.8 Å². The molecule has 0 aliphatic carbocycles. The van der Waals surface area contributed by atoms with Gasteiger partial charge in [-0.1, -0.05) is 0 Å². The van der Waals surface area contributed by atoms with Crippen molar-refractivity contribution in [3.63, 3.8) is 0 Å². The van der Waals surface area contributed by atoms with E-state index >= 15 is 0 Å². The molecule has 0 aromatic heterocycles. The Kier molecular flexibility index (Phi) is 4.18. The summed E-state index contributed by atoms with van der Waals surface area (Å²) >= 11 is 0. The second-order valence-electron chi connectivity index (χ2n) is 5.78. The third kappa shape index (κ3) is 3.16. The first-order valence-electron chi connectivity index (χ1n) is 7.73. The van der Waals surface area contributed by atoms with Crippen LogP contribution in [-0.4, -0.2) is 37.7 Å². The fraction of sp³-hybridized carbons (Fsp3) is 0.500. The highest BCUT2D eigenvalue weighted by Crippen LogP contribution is 2.29. The van der Waals surface area contributed by atoms with Crippen LogP contribution in [0.25, 0.3) is 0 Å². The maximum absolute atomic E-state index is 12.0. The number of fused-ring (bicyclic) bond motifs is 1. The lowest BCUT2D eigenvalue weighted by molar-refractivity contribution is -0.119. The molecular formula is C16H21N3O3. The van der Waals surface area contributed by atoms with Crippen molar-refractivity contribution in [2.75, 3.05) is 29.9 Å². The highest BCUT2D eigenvalue weighted by Gasteiger charge is 2.32. The fourth-order valence-corrected chi connectivity index (χ4v) is 2.89. The normalized spacial score (nSPS) is 20.7. The van der Waals surface area contributed by atoms with Crippen LogP contribution in [-0.2, 0) is 16.0 Å². The predicted molar refractivity (Wildman–Crippen MR) is 84.2 cm³/mol. The molecule has 3 rings (SSSR count). The van der Waals surface area contributed by atoms with E-state index in [4.69, 9.17) is 4.74 Å². The van der Waals surface area contributed by atoms with E-state index in [2.05, 4.69) is 16.7 Å². The summed E-state index contributed by atoms with van der Waals surface area (Å²) < 4.78 is 5.30. The van der Waals surface area contributed by atoms with Crippen molar-refractivity contribution in [1.29, 1.82) is 0 Å². The largest absolute Gasteiger partial charge is 0.442 e. The summed E-state index contributed by atoms with van der Waals surface area (Å²) in [6.07, 6.45) is 2.69. The fourth-order valence-electron chi connectivity index (χ4n) is 2.89. The van der Waals surface area contributed by atoms with Gasteiger partial charge in [0.15, 0.2) is 0 Å². The van der Waals surface area contributed by atoms with Gasteiger partial charge in [-0.25, -0.2) is 4.79 Å². The Hall–Kier alpha value is -2.24. The minimum absolute atomic E-state index is 0.120. The van der Waals surface area contributed by atoms with Crippen LogP contribution in [0.3, 0.4) is 0 Å². The van der Waals surface area contributed by atoms with Gasteiger partial charge in [0.05, 0.1) is 13.1 Å². The van der Waals surface area contributed by atoms with Crippen LogP contribution in [0.15, 0.2) is 18.2 Å². The third-order valence-corrected chi connectivity index (χ3v) is 4.04. The Morgan fingerprint density at radius 2 is 2.32 bits per heavy atom. The first-order chi connectivity index (χ1) is 10.6. The van der Waals surface area contributed by atoms with Crippen molar-refractivity contribution in [1.82, 2.24) is 5.32 Å². The molecule has 1 fully saturated rings. The minimum atomic E-state index is -0.350. The van der Waals surface area contributed by atoms with E-state index in [9.17, 15) is 9.59 Å². The van der Waals surface area contributed by atoms with Crippen LogP contribution < -0.4 is 15.5 Å². The molecule has 1 atom stereocenters. The van der Waals surface area contributed by atoms with Crippen molar-refractivity contribution in [3.05, 3.63) is 23.8 Å². The second-order valence-corrected chi connectivity index (χ2v) is 5.78. The summed E-state index contributed by atoms with van der Waals surface area (Å²) in [7, 11) is 0. The summed E-state index contributed by atoms with van der Waals surface area (Å²) in [5.74, 6) is -0.120. The number of aryl methyl sites for hydroxylation is 1. The van der Waals surface area contributed by atoms with Crippen LogP contribution in [0.1, 0.15) is 25.3 Å². The van der Waals surface area contributed by atoms with Gasteiger partial charge in [0.1, 0.15) is 6.10 Å². The Balaban J connectivity index is 1.72. The molecule has 2 aliphatic heterocycles. The first-order valence-corrected chi connectivity index (χ1v) is 7.73. The Bertz CT molecular complexity index is 588. The van der Waals surface area contributed by atoms with E-state index in [-0.39, 0.29) is 18.1 Å². The Morgan fingerprint density at radius 3 is 3.14 bits per heavy atom. The summed E-state index contributed by atoms with van der Waals surface area (Å²) in [4.78, 5) is 24.6. The molecule has 0 radical (unpaired) electrons. The smallest absolute Gasteiger partial charge is 0.414 e. The molecule has 2 N–H and O–H groups in total. The van der Waals surface area contributed by atoms with Crippen molar-refractivity contribution >= 4 is 23.4 Å². The second kappa shape index (κ2) is 6.25. The van der Waals surface area contributed by atoms with Gasteiger partial charge >= 0.3 is 6.09 Å². The van der Waals surface area contributed by atoms with Gasteiger partial charge in [-0.05, 0) is 43.0 Å². The molecule has 1 aromatic carbocycles. The number of carbonyl (C=O) groups is 2. The summed E-state index contributed by atoms with van der Waals surface area (Å²) in [5.41, 5.74) is 3.26. The van der Waals surface area contributed by atoms with E-state index in [1.54, 1.807) is 4.90 Å². The molecule has 2 aliphatic rings. The van der Waals surface area contributed by atoms with Crippen molar-refractivity contribution in [2.45, 2.75) is 32.3 Å². The topological polar surface area (TPSA) is 70.7 Å². The quantitative estimate of drug-likeness (QED) is 0.894. The lowest BCUT2D eigenvalue weighted by atomic mass is 10.1. The minimum Gasteiger partial charge on any atom is -0.442 e. The number of anilines is 2.